The SMILES string of the molecule is N.O=C(O)CCl.[NaH]. The van der Waals surface area contributed by atoms with E-state index in [1.165, 1.54) is 0 Å². The molecule has 0 bridgehead atoms. The number of hydrogen-bond donors (Lipinski definition) is 2. The molecule has 0 aliphatic rings. The van der Waals surface area contributed by atoms with Crippen LogP contribution in [-0.4, -0.2) is 46.5 Å². The van der Waals surface area contributed by atoms with Gasteiger partial charge in [0.25, 0.3) is 0 Å². The van der Waals surface area contributed by atoms with Crippen LogP contribution in [0.1, 0.15) is 0 Å². The van der Waals surface area contributed by atoms with E-state index in [9.17, 15) is 4.79 Å². The zero-order valence-electron chi connectivity index (χ0n) is 3.15. The summed E-state index contributed by atoms with van der Waals surface area (Å²) in [7, 11) is 0. The third kappa shape index (κ3) is 20.2. The van der Waals surface area contributed by atoms with Gasteiger partial charge in [-0.05, 0) is 0 Å². The molecule has 40 valence electrons. The number of halogens is 1. The molecule has 4 N–H and O–H groups in total. The zero-order valence-corrected chi connectivity index (χ0v) is 3.90. The van der Waals surface area contributed by atoms with Crippen LogP contribution in [0.4, 0.5) is 0 Å². The average Bonchev–Trinajstić information content (AvgIpc) is 1.38. The Kier molecular flexibility index (Phi) is 22.1. The number of rotatable bonds is 1. The minimum atomic E-state index is -0.980. The number of carboxylic acids is 1. The molecule has 5 heteroatoms. The first-order valence-electron chi connectivity index (χ1n) is 1.05. The van der Waals surface area contributed by atoms with Crippen LogP contribution < -0.4 is 6.15 Å². The molecule has 0 saturated heterocycles. The monoisotopic (exact) mass is 135 g/mol. The van der Waals surface area contributed by atoms with Crippen molar-refractivity contribution in [1.29, 1.82) is 0 Å². The number of hydrogen-bond acceptors (Lipinski definition) is 2. The van der Waals surface area contributed by atoms with Crippen LogP contribution in [-0.2, 0) is 4.79 Å². The van der Waals surface area contributed by atoms with Crippen molar-refractivity contribution in [1.82, 2.24) is 6.15 Å². The molecule has 3 nitrogen and oxygen atoms in total. The molecule has 0 heterocycles. The molecule has 0 amide bonds. The summed E-state index contributed by atoms with van der Waals surface area (Å²) >= 11 is 4.74. The van der Waals surface area contributed by atoms with Gasteiger partial charge in [-0.1, -0.05) is 0 Å². The van der Waals surface area contributed by atoms with E-state index < -0.39 is 5.97 Å². The normalized spacial score (nSPS) is 5.29. The van der Waals surface area contributed by atoms with Crippen molar-refractivity contribution in [3.63, 3.8) is 0 Å². The second-order valence-electron chi connectivity index (χ2n) is 0.527. The van der Waals surface area contributed by atoms with Gasteiger partial charge in [-0.3, -0.25) is 4.79 Å². The van der Waals surface area contributed by atoms with Crippen LogP contribution in [0.3, 0.4) is 0 Å². The first kappa shape index (κ1) is 15.6. The van der Waals surface area contributed by atoms with E-state index >= 15 is 0 Å². The average molecular weight is 136 g/mol. The van der Waals surface area contributed by atoms with Crippen LogP contribution in [0.2, 0.25) is 0 Å². The van der Waals surface area contributed by atoms with Crippen molar-refractivity contribution >= 4 is 47.1 Å². The second kappa shape index (κ2) is 9.87. The maximum atomic E-state index is 9.24. The molecule has 0 aromatic carbocycles. The molecule has 0 aromatic rings. The van der Waals surface area contributed by atoms with Crippen LogP contribution >= 0.6 is 11.6 Å². The van der Waals surface area contributed by atoms with E-state index in [0.717, 1.165) is 0 Å². The zero-order chi connectivity index (χ0) is 4.28. The van der Waals surface area contributed by atoms with E-state index in [-0.39, 0.29) is 41.6 Å². The third-order valence-corrected chi connectivity index (χ3v) is 0.343. The van der Waals surface area contributed by atoms with Crippen molar-refractivity contribution in [2.75, 3.05) is 5.88 Å². The van der Waals surface area contributed by atoms with E-state index in [2.05, 4.69) is 0 Å². The van der Waals surface area contributed by atoms with Gasteiger partial charge in [-0.2, -0.15) is 0 Å². The van der Waals surface area contributed by atoms with Crippen LogP contribution in [0.15, 0.2) is 0 Å². The van der Waals surface area contributed by atoms with Crippen LogP contribution in [0, 0.1) is 0 Å². The fourth-order valence-corrected chi connectivity index (χ4v) is 0. The Balaban J connectivity index is -0.0000000800. The summed E-state index contributed by atoms with van der Waals surface area (Å²) in [6.45, 7) is 0. The molecule has 0 fully saturated rings. The van der Waals surface area contributed by atoms with Gasteiger partial charge in [-0.15, -0.1) is 11.6 Å². The van der Waals surface area contributed by atoms with Gasteiger partial charge in [-0.25, -0.2) is 0 Å². The Bertz CT molecular complexity index is 51.0. The first-order chi connectivity index (χ1) is 2.27. The topological polar surface area (TPSA) is 72.3 Å². The quantitative estimate of drug-likeness (QED) is 0.387. The predicted molar refractivity (Wildman–Crippen MR) is 30.5 cm³/mol. The van der Waals surface area contributed by atoms with Gasteiger partial charge in [0.05, 0.1) is 0 Å². The predicted octanol–water partition coefficient (Wildman–Crippen LogP) is -0.177. The van der Waals surface area contributed by atoms with E-state index in [1.807, 2.05) is 0 Å². The van der Waals surface area contributed by atoms with Gasteiger partial charge in [0.2, 0.25) is 0 Å². The molecule has 0 atom stereocenters. The number of carbonyl (C=O) groups is 1. The van der Waals surface area contributed by atoms with Crippen molar-refractivity contribution in [3.05, 3.63) is 0 Å². The van der Waals surface area contributed by atoms with Gasteiger partial charge < -0.3 is 11.3 Å². The first-order valence-corrected chi connectivity index (χ1v) is 1.58. The standard InChI is InChI=1S/C2H3ClO2.H3N.Na.H/c3-1-2(4)5;;;/h1H2,(H,4,5);1H3;;. The Morgan fingerprint density at radius 1 is 1.71 bits per heavy atom. The van der Waals surface area contributed by atoms with Crippen LogP contribution in [0.5, 0.6) is 0 Å². The molecule has 0 unspecified atom stereocenters. The minimum absolute atomic E-state index is 0. The van der Waals surface area contributed by atoms with E-state index in [1.54, 1.807) is 0 Å². The number of carboxylic acid groups (broad SMARTS) is 1. The van der Waals surface area contributed by atoms with Crippen molar-refractivity contribution < 1.29 is 9.90 Å². The Labute approximate surface area is 68.9 Å². The molecule has 0 spiro atoms. The second-order valence-corrected chi connectivity index (χ2v) is 0.795. The molecule has 0 aliphatic heterocycles. The van der Waals surface area contributed by atoms with Crippen molar-refractivity contribution in [3.8, 4) is 0 Å². The summed E-state index contributed by atoms with van der Waals surface area (Å²) in [6, 6.07) is 0. The summed E-state index contributed by atoms with van der Waals surface area (Å²) in [5, 5.41) is 7.59. The number of aliphatic carboxylic acids is 1. The molecular weight excluding hydrogens is 128 g/mol. The Morgan fingerprint density at radius 2 is 1.86 bits per heavy atom. The fraction of sp³-hybridized carbons (Fsp3) is 0.500. The third-order valence-electron chi connectivity index (χ3n) is 0.114. The van der Waals surface area contributed by atoms with Crippen molar-refractivity contribution in [2.24, 2.45) is 0 Å². The molecule has 0 aliphatic carbocycles. The van der Waals surface area contributed by atoms with Crippen LogP contribution in [0.25, 0.3) is 0 Å². The molecule has 0 aromatic heterocycles. The van der Waals surface area contributed by atoms with Crippen molar-refractivity contribution in [2.45, 2.75) is 0 Å². The summed E-state index contributed by atoms with van der Waals surface area (Å²) < 4.78 is 0. The molecular formula is C2H7ClNNaO2. The van der Waals surface area contributed by atoms with E-state index in [0.29, 0.717) is 0 Å². The molecule has 7 heavy (non-hydrogen) atoms. The number of alkyl halides is 1. The van der Waals surface area contributed by atoms with E-state index in [4.69, 9.17) is 16.7 Å². The van der Waals surface area contributed by atoms with Gasteiger partial charge in [0.15, 0.2) is 0 Å². The summed E-state index contributed by atoms with van der Waals surface area (Å²) in [6.07, 6.45) is 0. The fourth-order valence-electron chi connectivity index (χ4n) is 0. The van der Waals surface area contributed by atoms with Gasteiger partial charge in [0, 0.05) is 0 Å². The Hall–Kier alpha value is 0.720. The molecule has 0 radical (unpaired) electrons. The van der Waals surface area contributed by atoms with Gasteiger partial charge in [0.1, 0.15) is 5.88 Å². The summed E-state index contributed by atoms with van der Waals surface area (Å²) in [4.78, 5) is 9.24. The Morgan fingerprint density at radius 3 is 1.86 bits per heavy atom. The summed E-state index contributed by atoms with van der Waals surface area (Å²) in [5.74, 6) is -1.29. The maximum absolute atomic E-state index is 9.24. The van der Waals surface area contributed by atoms with Gasteiger partial charge >= 0.3 is 35.5 Å². The molecule has 0 rings (SSSR count). The molecule has 0 saturated carbocycles. The summed E-state index contributed by atoms with van der Waals surface area (Å²) in [5.41, 5.74) is 0.